The number of fused-ring (bicyclic) bond motifs is 1. The zero-order valence-corrected chi connectivity index (χ0v) is 21.4. The number of rotatable bonds is 7. The zero-order valence-electron chi connectivity index (χ0n) is 20.6. The van der Waals surface area contributed by atoms with Crippen LogP contribution in [0.15, 0.2) is 48.7 Å². The van der Waals surface area contributed by atoms with Gasteiger partial charge >= 0.3 is 0 Å². The lowest BCUT2D eigenvalue weighted by Gasteiger charge is -2.31. The van der Waals surface area contributed by atoms with Gasteiger partial charge in [0, 0.05) is 35.5 Å². The number of aromatic nitrogens is 3. The molecular formula is C29H31N3O2S. The summed E-state index contributed by atoms with van der Waals surface area (Å²) in [7, 11) is 0. The number of thiophene rings is 1. The van der Waals surface area contributed by atoms with E-state index < -0.39 is 0 Å². The maximum absolute atomic E-state index is 12.9. The Kier molecular flexibility index (Phi) is 6.65. The number of ketones is 2. The summed E-state index contributed by atoms with van der Waals surface area (Å²) in [6.07, 6.45) is 7.08. The van der Waals surface area contributed by atoms with Gasteiger partial charge in [-0.1, -0.05) is 19.4 Å². The molecule has 35 heavy (non-hydrogen) atoms. The first-order valence-corrected chi connectivity index (χ1v) is 13.3. The zero-order chi connectivity index (χ0) is 24.5. The third-order valence-corrected chi connectivity index (χ3v) is 8.12. The Morgan fingerprint density at radius 3 is 2.63 bits per heavy atom. The lowest BCUT2D eigenvalue weighted by molar-refractivity contribution is 0.0944. The molecule has 1 aliphatic rings. The summed E-state index contributed by atoms with van der Waals surface area (Å²) in [6.45, 7) is 5.95. The van der Waals surface area contributed by atoms with Crippen molar-refractivity contribution in [1.82, 2.24) is 14.5 Å². The predicted molar refractivity (Wildman–Crippen MR) is 141 cm³/mol. The van der Waals surface area contributed by atoms with Crippen LogP contribution in [0.2, 0.25) is 0 Å². The molecule has 0 radical (unpaired) electrons. The van der Waals surface area contributed by atoms with Gasteiger partial charge in [-0.05, 0) is 81.0 Å². The van der Waals surface area contributed by atoms with Gasteiger partial charge in [-0.15, -0.1) is 11.3 Å². The van der Waals surface area contributed by atoms with Gasteiger partial charge in [-0.3, -0.25) is 14.6 Å². The molecule has 0 N–H and O–H groups in total. The molecule has 1 aromatic carbocycles. The first-order chi connectivity index (χ1) is 16.9. The van der Waals surface area contributed by atoms with E-state index in [-0.39, 0.29) is 17.6 Å². The van der Waals surface area contributed by atoms with Gasteiger partial charge in [0.1, 0.15) is 5.69 Å². The molecule has 4 aromatic rings. The average Bonchev–Trinajstić information content (AvgIpc) is 3.47. The minimum atomic E-state index is 0.122. The first kappa shape index (κ1) is 23.6. The van der Waals surface area contributed by atoms with Crippen LogP contribution in [0.25, 0.3) is 22.6 Å². The standard InChI is InChI=1S/C29H31N3O2S/c1-4-26(33)21-10-12-25-24(16-21)31-29(23-11-8-18(2)17-30-23)32(25)22-7-5-6-20(14-22)15-27(34)28-13-9-19(3)35-28/h8-13,16-17,20,22H,4-7,14-15H2,1-3H3/t20-,22+/m1/s1. The smallest absolute Gasteiger partial charge is 0.173 e. The fourth-order valence-corrected chi connectivity index (χ4v) is 6.07. The van der Waals surface area contributed by atoms with E-state index in [1.165, 1.54) is 4.88 Å². The maximum atomic E-state index is 12.9. The SMILES string of the molecule is CCC(=O)c1ccc2c(c1)nc(-c1ccc(C)cn1)n2[C@H]1CCC[C@@H](CC(=O)c2ccc(C)s2)C1. The third kappa shape index (κ3) is 4.85. The number of aryl methyl sites for hydroxylation is 2. The van der Waals surface area contributed by atoms with E-state index in [4.69, 9.17) is 4.98 Å². The molecule has 3 heterocycles. The van der Waals surface area contributed by atoms with Crippen LogP contribution >= 0.6 is 11.3 Å². The normalized spacial score (nSPS) is 18.1. The minimum absolute atomic E-state index is 0.122. The lowest BCUT2D eigenvalue weighted by atomic mass is 9.82. The topological polar surface area (TPSA) is 64.8 Å². The second-order valence-electron chi connectivity index (χ2n) is 9.73. The van der Waals surface area contributed by atoms with E-state index in [1.54, 1.807) is 11.3 Å². The molecule has 1 fully saturated rings. The second kappa shape index (κ2) is 9.86. The molecule has 5 nitrogen and oxygen atoms in total. The minimum Gasteiger partial charge on any atom is -0.320 e. The number of imidazole rings is 1. The average molecular weight is 486 g/mol. The fourth-order valence-electron chi connectivity index (χ4n) is 5.26. The molecule has 0 bridgehead atoms. The van der Waals surface area contributed by atoms with Gasteiger partial charge in [0.15, 0.2) is 17.4 Å². The number of nitrogens with zero attached hydrogens (tertiary/aromatic N) is 3. The van der Waals surface area contributed by atoms with Crippen molar-refractivity contribution >= 4 is 33.9 Å². The number of carbonyl (C=O) groups is 2. The van der Waals surface area contributed by atoms with E-state index in [0.29, 0.717) is 24.3 Å². The summed E-state index contributed by atoms with van der Waals surface area (Å²) in [4.78, 5) is 37.0. The summed E-state index contributed by atoms with van der Waals surface area (Å²) in [5.74, 6) is 1.57. The van der Waals surface area contributed by atoms with E-state index in [0.717, 1.165) is 58.7 Å². The van der Waals surface area contributed by atoms with Crippen molar-refractivity contribution in [1.29, 1.82) is 0 Å². The van der Waals surface area contributed by atoms with Crippen molar-refractivity contribution in [3.8, 4) is 11.5 Å². The van der Waals surface area contributed by atoms with Gasteiger partial charge < -0.3 is 4.57 Å². The van der Waals surface area contributed by atoms with Crippen LogP contribution < -0.4 is 0 Å². The molecule has 5 rings (SSSR count). The van der Waals surface area contributed by atoms with Gasteiger partial charge in [-0.2, -0.15) is 0 Å². The molecule has 1 aliphatic carbocycles. The van der Waals surface area contributed by atoms with Crippen molar-refractivity contribution in [2.24, 2.45) is 5.92 Å². The molecule has 3 aromatic heterocycles. The molecule has 180 valence electrons. The second-order valence-corrected chi connectivity index (χ2v) is 11.0. The Morgan fingerprint density at radius 2 is 1.91 bits per heavy atom. The Labute approximate surface area is 210 Å². The summed E-state index contributed by atoms with van der Waals surface area (Å²) in [5, 5.41) is 0. The Balaban J connectivity index is 1.50. The highest BCUT2D eigenvalue weighted by atomic mass is 32.1. The summed E-state index contributed by atoms with van der Waals surface area (Å²) in [5.41, 5.74) is 4.50. The van der Waals surface area contributed by atoms with Gasteiger partial charge in [-0.25, -0.2) is 4.98 Å². The molecule has 0 spiro atoms. The highest BCUT2D eigenvalue weighted by Gasteiger charge is 2.29. The van der Waals surface area contributed by atoms with E-state index in [2.05, 4.69) is 15.6 Å². The number of pyridine rings is 1. The number of benzene rings is 1. The maximum Gasteiger partial charge on any atom is 0.173 e. The molecule has 0 saturated heterocycles. The van der Waals surface area contributed by atoms with Crippen molar-refractivity contribution in [3.05, 3.63) is 69.5 Å². The largest absolute Gasteiger partial charge is 0.320 e. The summed E-state index contributed by atoms with van der Waals surface area (Å²) < 4.78 is 2.32. The molecule has 6 heteroatoms. The monoisotopic (exact) mass is 485 g/mol. The molecule has 0 aliphatic heterocycles. The van der Waals surface area contributed by atoms with Gasteiger partial charge in [0.2, 0.25) is 0 Å². The molecule has 2 atom stereocenters. The number of carbonyl (C=O) groups excluding carboxylic acids is 2. The van der Waals surface area contributed by atoms with Crippen molar-refractivity contribution in [2.45, 2.75) is 65.3 Å². The molecule has 0 unspecified atom stereocenters. The summed E-state index contributed by atoms with van der Waals surface area (Å²) in [6, 6.07) is 14.2. The van der Waals surface area contributed by atoms with Crippen LogP contribution in [0.3, 0.4) is 0 Å². The number of hydrogen-bond donors (Lipinski definition) is 0. The van der Waals surface area contributed by atoms with Gasteiger partial charge in [0.05, 0.1) is 15.9 Å². The van der Waals surface area contributed by atoms with Crippen molar-refractivity contribution in [2.75, 3.05) is 0 Å². The van der Waals surface area contributed by atoms with Crippen molar-refractivity contribution in [3.63, 3.8) is 0 Å². The van der Waals surface area contributed by atoms with Crippen LogP contribution in [0.4, 0.5) is 0 Å². The quantitative estimate of drug-likeness (QED) is 0.256. The highest BCUT2D eigenvalue weighted by Crippen LogP contribution is 2.40. The van der Waals surface area contributed by atoms with E-state index >= 15 is 0 Å². The first-order valence-electron chi connectivity index (χ1n) is 12.5. The van der Waals surface area contributed by atoms with Crippen LogP contribution in [0.1, 0.15) is 82.0 Å². The Hall–Kier alpha value is -3.12. The lowest BCUT2D eigenvalue weighted by Crippen LogP contribution is -2.22. The van der Waals surface area contributed by atoms with Crippen LogP contribution in [-0.2, 0) is 0 Å². The van der Waals surface area contributed by atoms with Crippen LogP contribution in [0.5, 0.6) is 0 Å². The molecular weight excluding hydrogens is 454 g/mol. The molecule has 0 amide bonds. The number of Topliss-reactive ketones (excluding diaryl/α,β-unsaturated/α-hetero) is 2. The highest BCUT2D eigenvalue weighted by molar-refractivity contribution is 7.14. The van der Waals surface area contributed by atoms with E-state index in [9.17, 15) is 9.59 Å². The predicted octanol–water partition coefficient (Wildman–Crippen LogP) is 7.37. The Morgan fingerprint density at radius 1 is 1.06 bits per heavy atom. The molecule has 1 saturated carbocycles. The number of hydrogen-bond acceptors (Lipinski definition) is 5. The Bertz CT molecular complexity index is 1380. The third-order valence-electron chi connectivity index (χ3n) is 7.08. The van der Waals surface area contributed by atoms with Crippen LogP contribution in [-0.4, -0.2) is 26.1 Å². The van der Waals surface area contributed by atoms with Gasteiger partial charge in [0.25, 0.3) is 0 Å². The van der Waals surface area contributed by atoms with E-state index in [1.807, 2.05) is 63.4 Å². The van der Waals surface area contributed by atoms with Crippen molar-refractivity contribution < 1.29 is 9.59 Å². The summed E-state index contributed by atoms with van der Waals surface area (Å²) >= 11 is 1.59. The van der Waals surface area contributed by atoms with Crippen LogP contribution in [0, 0.1) is 19.8 Å². The fraction of sp³-hybridized carbons (Fsp3) is 0.379.